The van der Waals surface area contributed by atoms with Crippen molar-refractivity contribution in [1.29, 1.82) is 0 Å². The Hall–Kier alpha value is -3.12. The second-order valence-electron chi connectivity index (χ2n) is 7.38. The van der Waals surface area contributed by atoms with Gasteiger partial charge in [0.25, 0.3) is 0 Å². The SMILES string of the molecule is Cc1ccccc1C12c3ccccc3-c3cccc(c31)-c1ccccc12. The molecule has 0 radical (unpaired) electrons. The van der Waals surface area contributed by atoms with Crippen molar-refractivity contribution in [3.63, 3.8) is 0 Å². The Morgan fingerprint density at radius 3 is 1.50 bits per heavy atom. The first-order valence-corrected chi connectivity index (χ1v) is 9.23. The highest BCUT2D eigenvalue weighted by Gasteiger charge is 2.52. The van der Waals surface area contributed by atoms with Gasteiger partial charge in [0.2, 0.25) is 0 Å². The van der Waals surface area contributed by atoms with Crippen LogP contribution in [-0.4, -0.2) is 0 Å². The molecule has 0 saturated heterocycles. The van der Waals surface area contributed by atoms with Crippen LogP contribution in [-0.2, 0) is 5.41 Å². The lowest BCUT2D eigenvalue weighted by Gasteiger charge is -2.32. The maximum atomic E-state index is 2.33. The van der Waals surface area contributed by atoms with Gasteiger partial charge in [0.1, 0.15) is 0 Å². The predicted octanol–water partition coefficient (Wildman–Crippen LogP) is 6.34. The van der Waals surface area contributed by atoms with Gasteiger partial charge < -0.3 is 0 Å². The summed E-state index contributed by atoms with van der Waals surface area (Å²) in [4.78, 5) is 0. The van der Waals surface area contributed by atoms with Gasteiger partial charge in [-0.3, -0.25) is 0 Å². The van der Waals surface area contributed by atoms with Crippen LogP contribution < -0.4 is 0 Å². The van der Waals surface area contributed by atoms with Gasteiger partial charge in [0, 0.05) is 0 Å². The Balaban J connectivity index is 1.90. The molecule has 4 aromatic carbocycles. The topological polar surface area (TPSA) is 0 Å². The highest BCUT2D eigenvalue weighted by molar-refractivity contribution is 5.98. The Morgan fingerprint density at radius 1 is 0.462 bits per heavy atom. The predicted molar refractivity (Wildman–Crippen MR) is 107 cm³/mol. The van der Waals surface area contributed by atoms with E-state index in [9.17, 15) is 0 Å². The number of benzene rings is 4. The summed E-state index contributed by atoms with van der Waals surface area (Å²) < 4.78 is 0. The fourth-order valence-corrected chi connectivity index (χ4v) is 5.33. The maximum absolute atomic E-state index is 2.33. The van der Waals surface area contributed by atoms with Crippen molar-refractivity contribution in [2.75, 3.05) is 0 Å². The summed E-state index contributed by atoms with van der Waals surface area (Å²) in [5.74, 6) is 0. The normalized spacial score (nSPS) is 14.7. The van der Waals surface area contributed by atoms with Gasteiger partial charge in [0.15, 0.2) is 0 Å². The van der Waals surface area contributed by atoms with Crippen LogP contribution in [0.4, 0.5) is 0 Å². The quantitative estimate of drug-likeness (QED) is 0.330. The third kappa shape index (κ3) is 1.43. The van der Waals surface area contributed by atoms with Gasteiger partial charge in [-0.2, -0.15) is 0 Å². The molecule has 4 aromatic rings. The summed E-state index contributed by atoms with van der Waals surface area (Å²) in [6, 6.07) is 33.6. The smallest absolute Gasteiger partial charge is 0.0620 e. The van der Waals surface area contributed by atoms with Crippen LogP contribution in [0.5, 0.6) is 0 Å². The van der Waals surface area contributed by atoms with Crippen LogP contribution in [0.25, 0.3) is 22.3 Å². The van der Waals surface area contributed by atoms with E-state index in [0.29, 0.717) is 0 Å². The molecule has 0 atom stereocenters. The molecule has 6 rings (SSSR count). The molecule has 0 aliphatic heterocycles. The average Bonchev–Trinajstić information content (AvgIpc) is 3.16. The zero-order valence-electron chi connectivity index (χ0n) is 14.7. The van der Waals surface area contributed by atoms with Crippen LogP contribution in [0.1, 0.15) is 27.8 Å². The molecule has 0 amide bonds. The standard InChI is InChI=1S/C26H18/c1-17-9-2-5-14-22(17)26-23-15-6-3-10-18(23)20-12-8-13-21(25(20)26)19-11-4-7-16-24(19)26/h2-16H,1H3. The molecule has 122 valence electrons. The lowest BCUT2D eigenvalue weighted by Crippen LogP contribution is -2.27. The first-order chi connectivity index (χ1) is 12.8. The van der Waals surface area contributed by atoms with Gasteiger partial charge in [0.05, 0.1) is 5.41 Å². The van der Waals surface area contributed by atoms with Crippen molar-refractivity contribution in [2.24, 2.45) is 0 Å². The van der Waals surface area contributed by atoms with Gasteiger partial charge in [-0.25, -0.2) is 0 Å². The van der Waals surface area contributed by atoms with Crippen molar-refractivity contribution >= 4 is 0 Å². The Morgan fingerprint density at radius 2 is 0.923 bits per heavy atom. The second-order valence-corrected chi connectivity index (χ2v) is 7.38. The van der Waals surface area contributed by atoms with Crippen LogP contribution in [0.2, 0.25) is 0 Å². The molecule has 0 bridgehead atoms. The molecule has 26 heavy (non-hydrogen) atoms. The van der Waals surface area contributed by atoms with E-state index in [-0.39, 0.29) is 5.41 Å². The van der Waals surface area contributed by atoms with E-state index in [0.717, 1.165) is 0 Å². The third-order valence-electron chi connectivity index (χ3n) is 6.23. The average molecular weight is 330 g/mol. The van der Waals surface area contributed by atoms with Gasteiger partial charge in [-0.15, -0.1) is 0 Å². The molecule has 0 saturated carbocycles. The summed E-state index contributed by atoms with van der Waals surface area (Å²) in [6.45, 7) is 2.24. The monoisotopic (exact) mass is 330 g/mol. The molecule has 2 aliphatic rings. The number of hydrogen-bond donors (Lipinski definition) is 0. The van der Waals surface area contributed by atoms with Crippen molar-refractivity contribution in [3.05, 3.63) is 119 Å². The van der Waals surface area contributed by atoms with E-state index < -0.39 is 0 Å². The van der Waals surface area contributed by atoms with Crippen molar-refractivity contribution in [1.82, 2.24) is 0 Å². The molecule has 0 aromatic heterocycles. The molecular formula is C26H18. The zero-order valence-corrected chi connectivity index (χ0v) is 14.7. The number of aryl methyl sites for hydroxylation is 1. The minimum absolute atomic E-state index is 0.190. The fraction of sp³-hybridized carbons (Fsp3) is 0.0769. The molecule has 0 heteroatoms. The minimum atomic E-state index is -0.190. The summed E-state index contributed by atoms with van der Waals surface area (Å²) >= 11 is 0. The van der Waals surface area contributed by atoms with Crippen LogP contribution >= 0.6 is 0 Å². The van der Waals surface area contributed by atoms with Crippen molar-refractivity contribution in [2.45, 2.75) is 12.3 Å². The summed E-state index contributed by atoms with van der Waals surface area (Å²) in [6.07, 6.45) is 0. The fourth-order valence-electron chi connectivity index (χ4n) is 5.33. The van der Waals surface area contributed by atoms with Crippen molar-refractivity contribution < 1.29 is 0 Å². The largest absolute Gasteiger partial charge is 0.0728 e. The molecule has 0 spiro atoms. The molecule has 0 heterocycles. The van der Waals surface area contributed by atoms with E-state index in [4.69, 9.17) is 0 Å². The van der Waals surface area contributed by atoms with Gasteiger partial charge in [-0.05, 0) is 57.0 Å². The van der Waals surface area contributed by atoms with E-state index in [2.05, 4.69) is 97.9 Å². The first-order valence-electron chi connectivity index (χ1n) is 9.23. The Labute approximate surface area is 153 Å². The van der Waals surface area contributed by atoms with Crippen LogP contribution in [0.15, 0.2) is 91.0 Å². The zero-order chi connectivity index (χ0) is 17.3. The Kier molecular flexibility index (Phi) is 2.57. The van der Waals surface area contributed by atoms with E-state index >= 15 is 0 Å². The molecule has 0 nitrogen and oxygen atoms in total. The number of hydrogen-bond acceptors (Lipinski definition) is 0. The van der Waals surface area contributed by atoms with E-state index in [1.54, 1.807) is 0 Å². The van der Waals surface area contributed by atoms with Crippen LogP contribution in [0.3, 0.4) is 0 Å². The highest BCUT2D eigenvalue weighted by atomic mass is 14.5. The number of rotatable bonds is 1. The van der Waals surface area contributed by atoms with Crippen molar-refractivity contribution in [3.8, 4) is 22.3 Å². The molecule has 0 fully saturated rings. The van der Waals surface area contributed by atoms with Crippen LogP contribution in [0, 0.1) is 6.92 Å². The molecular weight excluding hydrogens is 312 g/mol. The van der Waals surface area contributed by atoms with E-state index in [1.165, 1.54) is 50.1 Å². The van der Waals surface area contributed by atoms with Gasteiger partial charge >= 0.3 is 0 Å². The molecule has 2 aliphatic carbocycles. The third-order valence-corrected chi connectivity index (χ3v) is 6.23. The summed E-state index contributed by atoms with van der Waals surface area (Å²) in [5, 5.41) is 0. The van der Waals surface area contributed by atoms with E-state index in [1.807, 2.05) is 0 Å². The first kappa shape index (κ1) is 14.1. The highest BCUT2D eigenvalue weighted by Crippen LogP contribution is 2.64. The second kappa shape index (κ2) is 4.74. The Bertz CT molecular complexity index is 1130. The lowest BCUT2D eigenvalue weighted by molar-refractivity contribution is 0.784. The van der Waals surface area contributed by atoms with Gasteiger partial charge in [-0.1, -0.05) is 91.0 Å². The lowest BCUT2D eigenvalue weighted by atomic mass is 9.69. The molecule has 0 N–H and O–H groups in total. The molecule has 0 unspecified atom stereocenters. The number of fused-ring (bicyclic) bond motifs is 6. The summed E-state index contributed by atoms with van der Waals surface area (Å²) in [5.41, 5.74) is 12.4. The summed E-state index contributed by atoms with van der Waals surface area (Å²) in [7, 11) is 0. The maximum Gasteiger partial charge on any atom is 0.0728 e. The minimum Gasteiger partial charge on any atom is -0.0620 e.